The summed E-state index contributed by atoms with van der Waals surface area (Å²) in [6.45, 7) is 3.29. The summed E-state index contributed by atoms with van der Waals surface area (Å²) >= 11 is 0. The van der Waals surface area contributed by atoms with Crippen LogP contribution in [0.15, 0.2) is 42.1 Å². The second-order valence-corrected chi connectivity index (χ2v) is 5.13. The first-order valence-corrected chi connectivity index (χ1v) is 7.55. The number of carbonyl (C=O) groups excluding carboxylic acids is 1. The molecule has 0 amide bonds. The van der Waals surface area contributed by atoms with E-state index in [1.165, 1.54) is 24.3 Å². The topological polar surface area (TPSA) is 79.9 Å². The maximum atomic E-state index is 13.3. The number of carbonyl (C=O) groups is 1. The number of aromatic nitrogens is 2. The van der Waals surface area contributed by atoms with Crippen molar-refractivity contribution in [3.05, 3.63) is 53.4 Å². The first-order valence-electron chi connectivity index (χ1n) is 7.55. The lowest BCUT2D eigenvalue weighted by atomic mass is 10.1. The standard InChI is InChI=1S/C17H15F3N4O2/c1-3-26-16(25)12(9-21)10-22-15-8-11(2)23-24(15)14-7-5-4-6-13(14)17(18,19)20/h4-8,10,22H,3H2,1-2H3. The van der Waals surface area contributed by atoms with Crippen LogP contribution in [0.4, 0.5) is 19.0 Å². The van der Waals surface area contributed by atoms with E-state index in [0.717, 1.165) is 16.9 Å². The lowest BCUT2D eigenvalue weighted by molar-refractivity contribution is -0.138. The van der Waals surface area contributed by atoms with Crippen molar-refractivity contribution in [2.24, 2.45) is 0 Å². The van der Waals surface area contributed by atoms with Crippen LogP contribution in [0.3, 0.4) is 0 Å². The van der Waals surface area contributed by atoms with Gasteiger partial charge >= 0.3 is 12.1 Å². The van der Waals surface area contributed by atoms with E-state index >= 15 is 0 Å². The minimum Gasteiger partial charge on any atom is -0.462 e. The second kappa shape index (κ2) is 7.74. The van der Waals surface area contributed by atoms with Gasteiger partial charge in [0, 0.05) is 12.3 Å². The van der Waals surface area contributed by atoms with Gasteiger partial charge in [-0.3, -0.25) is 0 Å². The molecule has 0 bridgehead atoms. The fourth-order valence-electron chi connectivity index (χ4n) is 2.18. The normalized spacial score (nSPS) is 11.8. The molecule has 0 spiro atoms. The molecule has 6 nitrogen and oxygen atoms in total. The predicted octanol–water partition coefficient (Wildman–Crippen LogP) is 3.58. The Morgan fingerprint density at radius 3 is 2.73 bits per heavy atom. The molecule has 0 saturated heterocycles. The highest BCUT2D eigenvalue weighted by Crippen LogP contribution is 2.34. The maximum Gasteiger partial charge on any atom is 0.418 e. The second-order valence-electron chi connectivity index (χ2n) is 5.13. The van der Waals surface area contributed by atoms with Crippen LogP contribution in [0.5, 0.6) is 0 Å². The number of nitrogens with zero attached hydrogens (tertiary/aromatic N) is 3. The molecule has 0 unspecified atom stereocenters. The van der Waals surface area contributed by atoms with Crippen LogP contribution in [0.1, 0.15) is 18.2 Å². The van der Waals surface area contributed by atoms with Crippen LogP contribution in [-0.2, 0) is 15.7 Å². The highest BCUT2D eigenvalue weighted by atomic mass is 19.4. The zero-order valence-corrected chi connectivity index (χ0v) is 14.0. The van der Waals surface area contributed by atoms with Gasteiger partial charge in [0.1, 0.15) is 11.9 Å². The average Bonchev–Trinajstić information content (AvgIpc) is 2.95. The number of hydrogen-bond acceptors (Lipinski definition) is 5. The molecule has 0 saturated carbocycles. The summed E-state index contributed by atoms with van der Waals surface area (Å²) in [6.07, 6.45) is -3.49. The minimum absolute atomic E-state index is 0.0911. The monoisotopic (exact) mass is 364 g/mol. The molecule has 1 N–H and O–H groups in total. The summed E-state index contributed by atoms with van der Waals surface area (Å²) in [5.74, 6) is -0.669. The van der Waals surface area contributed by atoms with Gasteiger partial charge in [-0.1, -0.05) is 12.1 Å². The van der Waals surface area contributed by atoms with E-state index in [0.29, 0.717) is 5.69 Å². The summed E-state index contributed by atoms with van der Waals surface area (Å²) in [5, 5.41) is 15.7. The van der Waals surface area contributed by atoms with Crippen LogP contribution < -0.4 is 5.32 Å². The highest BCUT2D eigenvalue weighted by molar-refractivity contribution is 5.93. The number of nitrogens with one attached hydrogen (secondary N) is 1. The van der Waals surface area contributed by atoms with E-state index in [2.05, 4.69) is 10.4 Å². The van der Waals surface area contributed by atoms with Crippen molar-refractivity contribution in [2.75, 3.05) is 11.9 Å². The van der Waals surface area contributed by atoms with Crippen molar-refractivity contribution in [3.8, 4) is 11.8 Å². The first kappa shape index (κ1) is 19.1. The lowest BCUT2D eigenvalue weighted by Crippen LogP contribution is -2.13. The molecule has 0 radical (unpaired) electrons. The molecule has 1 heterocycles. The van der Waals surface area contributed by atoms with Gasteiger partial charge < -0.3 is 10.1 Å². The molecule has 9 heteroatoms. The fourth-order valence-corrected chi connectivity index (χ4v) is 2.18. The number of esters is 1. The smallest absolute Gasteiger partial charge is 0.418 e. The predicted molar refractivity (Wildman–Crippen MR) is 87.3 cm³/mol. The van der Waals surface area contributed by atoms with E-state index in [1.807, 2.05) is 0 Å². The lowest BCUT2D eigenvalue weighted by Gasteiger charge is -2.14. The SMILES string of the molecule is CCOC(=O)C(C#N)=CNc1cc(C)nn1-c1ccccc1C(F)(F)F. The highest BCUT2D eigenvalue weighted by Gasteiger charge is 2.34. The Labute approximate surface area is 147 Å². The molecule has 0 aliphatic heterocycles. The number of benzene rings is 1. The van der Waals surface area contributed by atoms with E-state index in [-0.39, 0.29) is 23.7 Å². The molecule has 2 aromatic rings. The van der Waals surface area contributed by atoms with Crippen molar-refractivity contribution >= 4 is 11.8 Å². The Bertz CT molecular complexity index is 879. The van der Waals surface area contributed by atoms with Crippen LogP contribution in [0.2, 0.25) is 0 Å². The van der Waals surface area contributed by atoms with Crippen molar-refractivity contribution in [3.63, 3.8) is 0 Å². The molecule has 0 fully saturated rings. The Balaban J connectivity index is 2.45. The van der Waals surface area contributed by atoms with E-state index < -0.39 is 17.7 Å². The van der Waals surface area contributed by atoms with E-state index in [9.17, 15) is 18.0 Å². The Morgan fingerprint density at radius 1 is 1.42 bits per heavy atom. The number of rotatable bonds is 5. The third-order valence-corrected chi connectivity index (χ3v) is 3.25. The number of nitriles is 1. The van der Waals surface area contributed by atoms with Crippen molar-refractivity contribution in [1.82, 2.24) is 9.78 Å². The molecule has 0 aliphatic carbocycles. The number of ether oxygens (including phenoxy) is 1. The molecule has 1 aromatic carbocycles. The maximum absolute atomic E-state index is 13.3. The first-order chi connectivity index (χ1) is 12.3. The van der Waals surface area contributed by atoms with Gasteiger partial charge in [0.2, 0.25) is 0 Å². The fraction of sp³-hybridized carbons (Fsp3) is 0.235. The van der Waals surface area contributed by atoms with E-state index in [1.54, 1.807) is 19.9 Å². The summed E-state index contributed by atoms with van der Waals surface area (Å²) < 4.78 is 45.6. The Morgan fingerprint density at radius 2 is 2.12 bits per heavy atom. The third kappa shape index (κ3) is 4.22. The Hall–Kier alpha value is -3.28. The molecule has 26 heavy (non-hydrogen) atoms. The Kier molecular flexibility index (Phi) is 5.67. The van der Waals surface area contributed by atoms with Gasteiger partial charge in [-0.25, -0.2) is 9.48 Å². The summed E-state index contributed by atoms with van der Waals surface area (Å²) in [5.41, 5.74) is -0.909. The summed E-state index contributed by atoms with van der Waals surface area (Å²) in [4.78, 5) is 11.6. The minimum atomic E-state index is -4.56. The van der Waals surface area contributed by atoms with Crippen molar-refractivity contribution in [2.45, 2.75) is 20.0 Å². The number of hydrogen-bond donors (Lipinski definition) is 1. The van der Waals surface area contributed by atoms with Crippen LogP contribution in [0, 0.1) is 18.3 Å². The zero-order valence-electron chi connectivity index (χ0n) is 14.0. The van der Waals surface area contributed by atoms with Gasteiger partial charge in [-0.05, 0) is 26.0 Å². The van der Waals surface area contributed by atoms with Gasteiger partial charge in [0.15, 0.2) is 5.57 Å². The zero-order chi connectivity index (χ0) is 19.3. The number of para-hydroxylation sites is 1. The largest absolute Gasteiger partial charge is 0.462 e. The molecule has 0 aliphatic rings. The number of aryl methyl sites for hydroxylation is 1. The summed E-state index contributed by atoms with van der Waals surface area (Å²) in [6, 6.07) is 8.13. The quantitative estimate of drug-likeness (QED) is 0.498. The van der Waals surface area contributed by atoms with Crippen LogP contribution >= 0.6 is 0 Å². The molecule has 136 valence electrons. The molecule has 1 aromatic heterocycles. The number of anilines is 1. The number of halogens is 3. The van der Waals surface area contributed by atoms with Crippen molar-refractivity contribution in [1.29, 1.82) is 5.26 Å². The van der Waals surface area contributed by atoms with E-state index in [4.69, 9.17) is 10.00 Å². The molecular formula is C17H15F3N4O2. The average molecular weight is 364 g/mol. The molecule has 0 atom stereocenters. The third-order valence-electron chi connectivity index (χ3n) is 3.25. The molecular weight excluding hydrogens is 349 g/mol. The van der Waals surface area contributed by atoms with Gasteiger partial charge in [-0.15, -0.1) is 0 Å². The summed E-state index contributed by atoms with van der Waals surface area (Å²) in [7, 11) is 0. The van der Waals surface area contributed by atoms with Gasteiger partial charge in [0.25, 0.3) is 0 Å². The van der Waals surface area contributed by atoms with Crippen LogP contribution in [-0.4, -0.2) is 22.4 Å². The van der Waals surface area contributed by atoms with Crippen LogP contribution in [0.25, 0.3) is 5.69 Å². The van der Waals surface area contributed by atoms with Crippen molar-refractivity contribution < 1.29 is 22.7 Å². The van der Waals surface area contributed by atoms with Gasteiger partial charge in [-0.2, -0.15) is 23.5 Å². The number of alkyl halides is 3. The molecule has 2 rings (SSSR count). The van der Waals surface area contributed by atoms with Gasteiger partial charge in [0.05, 0.1) is 23.6 Å².